The molecule has 0 radical (unpaired) electrons. The van der Waals surface area contributed by atoms with Gasteiger partial charge in [-0.3, -0.25) is 9.79 Å². The quantitative estimate of drug-likeness (QED) is 0.422. The molecular formula is C21H35N5O2. The van der Waals surface area contributed by atoms with E-state index < -0.39 is 0 Å². The molecule has 0 spiro atoms. The lowest BCUT2D eigenvalue weighted by Crippen LogP contribution is -2.46. The van der Waals surface area contributed by atoms with Crippen molar-refractivity contribution in [2.75, 3.05) is 53.3 Å². The van der Waals surface area contributed by atoms with E-state index in [4.69, 9.17) is 4.74 Å². The molecule has 1 aliphatic carbocycles. The van der Waals surface area contributed by atoms with Crippen LogP contribution in [0.5, 0.6) is 0 Å². The standard InChI is InChI=1S/C21H35N5O2/c1-22-20(24-16-21(9-6-10-21)11-12-28-4)23-14-17-7-5-8-18(13-17)25-19(27)15-26(2)3/h5,7-8,13H,6,9-12,14-16H2,1-4H3,(H,25,27)(H2,22,23,24). The van der Waals surface area contributed by atoms with Gasteiger partial charge in [-0.25, -0.2) is 0 Å². The number of hydrogen-bond donors (Lipinski definition) is 3. The molecule has 2 rings (SSSR count). The monoisotopic (exact) mass is 389 g/mol. The first-order valence-electron chi connectivity index (χ1n) is 9.93. The Labute approximate surface area is 168 Å². The second kappa shape index (κ2) is 11.0. The van der Waals surface area contributed by atoms with E-state index in [1.165, 1.54) is 19.3 Å². The molecule has 1 fully saturated rings. The van der Waals surface area contributed by atoms with Crippen LogP contribution in [0.15, 0.2) is 29.3 Å². The molecule has 3 N–H and O–H groups in total. The maximum Gasteiger partial charge on any atom is 0.238 e. The first-order valence-corrected chi connectivity index (χ1v) is 9.93. The summed E-state index contributed by atoms with van der Waals surface area (Å²) in [6.45, 7) is 2.72. The molecule has 7 nitrogen and oxygen atoms in total. The van der Waals surface area contributed by atoms with Crippen molar-refractivity contribution >= 4 is 17.6 Å². The van der Waals surface area contributed by atoms with E-state index in [0.29, 0.717) is 18.5 Å². The summed E-state index contributed by atoms with van der Waals surface area (Å²) < 4.78 is 5.27. The molecule has 0 aliphatic heterocycles. The number of guanidine groups is 1. The Bertz CT molecular complexity index is 656. The Kier molecular flexibility index (Phi) is 8.73. The maximum atomic E-state index is 11.9. The molecule has 1 aliphatic rings. The summed E-state index contributed by atoms with van der Waals surface area (Å²) in [6, 6.07) is 7.88. The van der Waals surface area contributed by atoms with E-state index in [9.17, 15) is 4.79 Å². The van der Waals surface area contributed by atoms with Crippen molar-refractivity contribution in [1.29, 1.82) is 0 Å². The summed E-state index contributed by atoms with van der Waals surface area (Å²) in [5.74, 6) is 0.778. The van der Waals surface area contributed by atoms with Gasteiger partial charge in [-0.05, 0) is 56.5 Å². The van der Waals surface area contributed by atoms with Crippen LogP contribution in [0, 0.1) is 5.41 Å². The summed E-state index contributed by atoms with van der Waals surface area (Å²) >= 11 is 0. The lowest BCUT2D eigenvalue weighted by Gasteiger charge is -2.42. The molecular weight excluding hydrogens is 354 g/mol. The minimum Gasteiger partial charge on any atom is -0.385 e. The van der Waals surface area contributed by atoms with Gasteiger partial charge < -0.3 is 25.6 Å². The largest absolute Gasteiger partial charge is 0.385 e. The zero-order valence-electron chi connectivity index (χ0n) is 17.7. The Hall–Kier alpha value is -2.12. The first-order chi connectivity index (χ1) is 13.5. The molecule has 1 saturated carbocycles. The van der Waals surface area contributed by atoms with Crippen molar-refractivity contribution in [1.82, 2.24) is 15.5 Å². The topological polar surface area (TPSA) is 78.0 Å². The fourth-order valence-corrected chi connectivity index (χ4v) is 3.43. The van der Waals surface area contributed by atoms with E-state index in [-0.39, 0.29) is 5.91 Å². The van der Waals surface area contributed by atoms with Crippen molar-refractivity contribution in [3.8, 4) is 0 Å². The van der Waals surface area contributed by atoms with Gasteiger partial charge in [0, 0.05) is 39.5 Å². The lowest BCUT2D eigenvalue weighted by atomic mass is 9.67. The van der Waals surface area contributed by atoms with Crippen LogP contribution in [0.2, 0.25) is 0 Å². The van der Waals surface area contributed by atoms with Crippen LogP contribution in [0.1, 0.15) is 31.2 Å². The first kappa shape index (κ1) is 22.2. The lowest BCUT2D eigenvalue weighted by molar-refractivity contribution is -0.116. The molecule has 0 heterocycles. The average Bonchev–Trinajstić information content (AvgIpc) is 2.62. The number of hydrogen-bond acceptors (Lipinski definition) is 4. The number of methoxy groups -OCH3 is 1. The normalized spacial score (nSPS) is 15.8. The SMILES string of the molecule is CN=C(NCc1cccc(NC(=O)CN(C)C)c1)NCC1(CCOC)CCC1. The zero-order chi connectivity index (χ0) is 20.4. The third-order valence-corrected chi connectivity index (χ3v) is 5.24. The van der Waals surface area contributed by atoms with Gasteiger partial charge in [-0.1, -0.05) is 18.6 Å². The van der Waals surface area contributed by atoms with Crippen molar-refractivity contribution in [3.05, 3.63) is 29.8 Å². The highest BCUT2D eigenvalue weighted by atomic mass is 16.5. The maximum absolute atomic E-state index is 11.9. The van der Waals surface area contributed by atoms with Crippen LogP contribution >= 0.6 is 0 Å². The summed E-state index contributed by atoms with van der Waals surface area (Å²) in [4.78, 5) is 18.1. The van der Waals surface area contributed by atoms with Gasteiger partial charge in [0.15, 0.2) is 5.96 Å². The van der Waals surface area contributed by atoms with Crippen LogP contribution in [0.25, 0.3) is 0 Å². The van der Waals surface area contributed by atoms with Crippen molar-refractivity contribution in [2.24, 2.45) is 10.4 Å². The van der Waals surface area contributed by atoms with Crippen molar-refractivity contribution < 1.29 is 9.53 Å². The third-order valence-electron chi connectivity index (χ3n) is 5.24. The number of carbonyl (C=O) groups is 1. The molecule has 28 heavy (non-hydrogen) atoms. The fraction of sp³-hybridized carbons (Fsp3) is 0.619. The molecule has 156 valence electrons. The summed E-state index contributed by atoms with van der Waals surface area (Å²) in [5.41, 5.74) is 2.23. The van der Waals surface area contributed by atoms with Gasteiger partial charge in [-0.15, -0.1) is 0 Å². The number of nitrogens with one attached hydrogen (secondary N) is 3. The third kappa shape index (κ3) is 7.13. The average molecular weight is 390 g/mol. The predicted octanol–water partition coefficient (Wildman–Crippen LogP) is 2.06. The molecule has 1 aromatic carbocycles. The molecule has 1 aromatic rings. The van der Waals surface area contributed by atoms with Gasteiger partial charge in [0.05, 0.1) is 6.54 Å². The number of anilines is 1. The fourth-order valence-electron chi connectivity index (χ4n) is 3.43. The Balaban J connectivity index is 1.83. The van der Waals surface area contributed by atoms with E-state index >= 15 is 0 Å². The number of nitrogens with zero attached hydrogens (tertiary/aromatic N) is 2. The summed E-state index contributed by atoms with van der Waals surface area (Å²) in [6.07, 6.45) is 4.87. The van der Waals surface area contributed by atoms with Crippen LogP contribution in [0.4, 0.5) is 5.69 Å². The van der Waals surface area contributed by atoms with E-state index in [0.717, 1.165) is 36.8 Å². The number of likely N-dealkylation sites (N-methyl/N-ethyl adjacent to an activating group) is 1. The molecule has 0 bridgehead atoms. The van der Waals surface area contributed by atoms with Crippen LogP contribution in [-0.2, 0) is 16.1 Å². The predicted molar refractivity (Wildman–Crippen MR) is 115 cm³/mol. The summed E-state index contributed by atoms with van der Waals surface area (Å²) in [5, 5.41) is 9.76. The number of rotatable bonds is 10. The molecule has 7 heteroatoms. The number of benzene rings is 1. The zero-order valence-corrected chi connectivity index (χ0v) is 17.7. The van der Waals surface area contributed by atoms with Gasteiger partial charge >= 0.3 is 0 Å². The van der Waals surface area contributed by atoms with E-state index in [1.54, 1.807) is 14.2 Å². The minimum absolute atomic E-state index is 0.0190. The second-order valence-corrected chi connectivity index (χ2v) is 7.86. The van der Waals surface area contributed by atoms with Crippen molar-refractivity contribution in [3.63, 3.8) is 0 Å². The summed E-state index contributed by atoms with van der Waals surface area (Å²) in [7, 11) is 7.30. The highest BCUT2D eigenvalue weighted by Gasteiger charge is 2.36. The molecule has 1 amide bonds. The van der Waals surface area contributed by atoms with E-state index in [1.807, 2.05) is 43.3 Å². The number of amides is 1. The van der Waals surface area contributed by atoms with Gasteiger partial charge in [0.25, 0.3) is 0 Å². The van der Waals surface area contributed by atoms with Gasteiger partial charge in [0.2, 0.25) is 5.91 Å². The van der Waals surface area contributed by atoms with Gasteiger partial charge in [0.1, 0.15) is 0 Å². The van der Waals surface area contributed by atoms with Crippen LogP contribution < -0.4 is 16.0 Å². The van der Waals surface area contributed by atoms with Crippen molar-refractivity contribution in [2.45, 2.75) is 32.2 Å². The van der Waals surface area contributed by atoms with E-state index in [2.05, 4.69) is 20.9 Å². The van der Waals surface area contributed by atoms with Gasteiger partial charge in [-0.2, -0.15) is 0 Å². The highest BCUT2D eigenvalue weighted by molar-refractivity contribution is 5.92. The Morgan fingerprint density at radius 2 is 2.07 bits per heavy atom. The van der Waals surface area contributed by atoms with Crippen LogP contribution in [-0.4, -0.2) is 64.7 Å². The Morgan fingerprint density at radius 3 is 2.68 bits per heavy atom. The smallest absolute Gasteiger partial charge is 0.238 e. The second-order valence-electron chi connectivity index (χ2n) is 7.86. The molecule has 0 saturated heterocycles. The Morgan fingerprint density at radius 1 is 1.29 bits per heavy atom. The molecule has 0 aromatic heterocycles. The van der Waals surface area contributed by atoms with Crippen LogP contribution in [0.3, 0.4) is 0 Å². The molecule has 0 atom stereocenters. The number of ether oxygens (including phenoxy) is 1. The number of aliphatic imine (C=N–C) groups is 1. The molecule has 0 unspecified atom stereocenters. The number of carbonyl (C=O) groups excluding carboxylic acids is 1. The highest BCUT2D eigenvalue weighted by Crippen LogP contribution is 2.43. The minimum atomic E-state index is -0.0190.